The monoisotopic (exact) mass is 278 g/mol. The number of hydrogen-bond donors (Lipinski definition) is 1. The zero-order valence-electron chi connectivity index (χ0n) is 11.0. The highest BCUT2D eigenvalue weighted by Gasteiger charge is 2.31. The van der Waals surface area contributed by atoms with E-state index < -0.39 is 18.5 Å². The van der Waals surface area contributed by atoms with Gasteiger partial charge in [0.15, 0.2) is 0 Å². The lowest BCUT2D eigenvalue weighted by atomic mass is 10.0. The van der Waals surface area contributed by atoms with Crippen LogP contribution in [-0.4, -0.2) is 25.3 Å². The molecule has 6 heteroatoms. The Kier molecular flexibility index (Phi) is 5.17. The van der Waals surface area contributed by atoms with Crippen molar-refractivity contribution in [1.29, 1.82) is 0 Å². The predicted octanol–water partition coefficient (Wildman–Crippen LogP) is 3.10. The smallest absolute Gasteiger partial charge is 0.363 e. The molecule has 1 rings (SSSR count). The quantitative estimate of drug-likeness (QED) is 0.839. The Morgan fingerprint density at radius 3 is 2.42 bits per heavy atom. The summed E-state index contributed by atoms with van der Waals surface area (Å²) in [6.45, 7) is 2.50. The maximum atomic E-state index is 13.2. The summed E-state index contributed by atoms with van der Waals surface area (Å²) >= 11 is 0. The van der Waals surface area contributed by atoms with Crippen molar-refractivity contribution in [1.82, 2.24) is 0 Å². The molecule has 0 saturated carbocycles. The summed E-state index contributed by atoms with van der Waals surface area (Å²) in [6, 6.07) is 3.55. The summed E-state index contributed by atoms with van der Waals surface area (Å²) in [6.07, 6.45) is -3.96. The Morgan fingerprint density at radius 2 is 1.95 bits per heavy atom. The second-order valence-electron chi connectivity index (χ2n) is 4.58. The molecule has 0 aliphatic heterocycles. The lowest BCUT2D eigenvalue weighted by Gasteiger charge is -2.27. The van der Waals surface area contributed by atoms with Gasteiger partial charge in [0.25, 0.3) is 0 Å². The van der Waals surface area contributed by atoms with Crippen molar-refractivity contribution in [2.75, 3.05) is 18.0 Å². The van der Waals surface area contributed by atoms with E-state index in [-0.39, 0.29) is 12.6 Å². The lowest BCUT2D eigenvalue weighted by Crippen LogP contribution is -2.35. The maximum absolute atomic E-state index is 13.2. The molecule has 0 saturated heterocycles. The van der Waals surface area contributed by atoms with Crippen molar-refractivity contribution in [3.8, 4) is 0 Å². The van der Waals surface area contributed by atoms with E-state index in [0.717, 1.165) is 0 Å². The summed E-state index contributed by atoms with van der Waals surface area (Å²) in [7, 11) is 0. The number of alkyl halides is 3. The molecule has 1 aromatic carbocycles. The van der Waals surface area contributed by atoms with Crippen LogP contribution in [0.15, 0.2) is 18.2 Å². The second-order valence-corrected chi connectivity index (χ2v) is 4.58. The fraction of sp³-hybridized carbons (Fsp3) is 0.538. The third-order valence-corrected chi connectivity index (χ3v) is 2.68. The van der Waals surface area contributed by atoms with E-state index in [1.165, 1.54) is 23.1 Å². The topological polar surface area (TPSA) is 29.3 Å². The minimum absolute atomic E-state index is 0.192. The molecule has 0 aliphatic rings. The van der Waals surface area contributed by atoms with Crippen molar-refractivity contribution in [3.05, 3.63) is 29.6 Å². The van der Waals surface area contributed by atoms with Gasteiger partial charge in [0, 0.05) is 18.3 Å². The molecule has 0 aliphatic carbocycles. The number of benzene rings is 1. The van der Waals surface area contributed by atoms with E-state index in [1.54, 1.807) is 13.8 Å². The number of nitrogens with zero attached hydrogens (tertiary/aromatic N) is 1. The van der Waals surface area contributed by atoms with Crippen LogP contribution in [-0.2, 0) is 6.42 Å². The number of anilines is 1. The molecule has 1 aromatic rings. The molecular weight excluding hydrogens is 260 g/mol. The summed E-state index contributed by atoms with van der Waals surface area (Å²) < 4.78 is 50.8. The molecule has 0 heterocycles. The largest absolute Gasteiger partial charge is 0.405 e. The Labute approximate surface area is 110 Å². The van der Waals surface area contributed by atoms with Crippen LogP contribution < -0.4 is 10.6 Å². The minimum atomic E-state index is -4.30. The van der Waals surface area contributed by atoms with E-state index in [9.17, 15) is 17.6 Å². The molecule has 2 nitrogen and oxygen atoms in total. The Balaban J connectivity index is 3.08. The lowest BCUT2D eigenvalue weighted by molar-refractivity contribution is -0.119. The molecule has 0 spiro atoms. The van der Waals surface area contributed by atoms with Gasteiger partial charge in [-0.05, 0) is 44.0 Å². The second kappa shape index (κ2) is 6.23. The summed E-state index contributed by atoms with van der Waals surface area (Å²) in [5, 5.41) is 0. The molecular formula is C13H18F4N2. The van der Waals surface area contributed by atoms with Crippen LogP contribution in [0.4, 0.5) is 23.2 Å². The zero-order chi connectivity index (χ0) is 14.6. The van der Waals surface area contributed by atoms with E-state index >= 15 is 0 Å². The molecule has 19 heavy (non-hydrogen) atoms. The molecule has 0 amide bonds. The minimum Gasteiger partial charge on any atom is -0.363 e. The average Bonchev–Trinajstić information content (AvgIpc) is 2.24. The standard InChI is InChI=1S/C13H18F4N2/c1-3-19(8-13(15,16)17)12-5-4-11(14)7-10(12)6-9(2)18/h4-5,7,9H,3,6,8,18H2,1-2H3. The van der Waals surface area contributed by atoms with Crippen LogP contribution in [0.2, 0.25) is 0 Å². The van der Waals surface area contributed by atoms with Gasteiger partial charge in [-0.3, -0.25) is 0 Å². The number of rotatable bonds is 5. The van der Waals surface area contributed by atoms with Crippen LogP contribution in [0.3, 0.4) is 0 Å². The van der Waals surface area contributed by atoms with Gasteiger partial charge in [-0.15, -0.1) is 0 Å². The number of nitrogens with two attached hydrogens (primary N) is 1. The number of hydrogen-bond acceptors (Lipinski definition) is 2. The van der Waals surface area contributed by atoms with Crippen molar-refractivity contribution < 1.29 is 17.6 Å². The maximum Gasteiger partial charge on any atom is 0.405 e. The third-order valence-electron chi connectivity index (χ3n) is 2.68. The average molecular weight is 278 g/mol. The van der Waals surface area contributed by atoms with Gasteiger partial charge in [-0.2, -0.15) is 13.2 Å². The fourth-order valence-electron chi connectivity index (χ4n) is 1.96. The summed E-state index contributed by atoms with van der Waals surface area (Å²) in [4.78, 5) is 1.18. The third kappa shape index (κ3) is 5.06. The zero-order valence-corrected chi connectivity index (χ0v) is 11.0. The van der Waals surface area contributed by atoms with Crippen molar-refractivity contribution >= 4 is 5.69 Å². The van der Waals surface area contributed by atoms with Crippen LogP contribution in [0.5, 0.6) is 0 Å². The fourth-order valence-corrected chi connectivity index (χ4v) is 1.96. The van der Waals surface area contributed by atoms with Crippen molar-refractivity contribution in [2.45, 2.75) is 32.5 Å². The first-order chi connectivity index (χ1) is 8.73. The Hall–Kier alpha value is -1.30. The van der Waals surface area contributed by atoms with Gasteiger partial charge in [0.05, 0.1) is 0 Å². The van der Waals surface area contributed by atoms with Crippen LogP contribution >= 0.6 is 0 Å². The van der Waals surface area contributed by atoms with Crippen LogP contribution in [0.1, 0.15) is 19.4 Å². The first-order valence-corrected chi connectivity index (χ1v) is 6.08. The normalized spacial score (nSPS) is 13.4. The van der Waals surface area contributed by atoms with Gasteiger partial charge in [0.1, 0.15) is 12.4 Å². The molecule has 0 aromatic heterocycles. The highest BCUT2D eigenvalue weighted by Crippen LogP contribution is 2.26. The molecule has 1 atom stereocenters. The van der Waals surface area contributed by atoms with E-state index in [4.69, 9.17) is 5.73 Å². The molecule has 108 valence electrons. The molecule has 0 radical (unpaired) electrons. The first-order valence-electron chi connectivity index (χ1n) is 6.08. The van der Waals surface area contributed by atoms with Gasteiger partial charge < -0.3 is 10.6 Å². The first kappa shape index (κ1) is 15.8. The van der Waals surface area contributed by atoms with E-state index in [1.807, 2.05) is 0 Å². The predicted molar refractivity (Wildman–Crippen MR) is 67.7 cm³/mol. The molecule has 2 N–H and O–H groups in total. The number of halogens is 4. The molecule has 0 bridgehead atoms. The molecule has 1 unspecified atom stereocenters. The van der Waals surface area contributed by atoms with Crippen molar-refractivity contribution in [3.63, 3.8) is 0 Å². The highest BCUT2D eigenvalue weighted by molar-refractivity contribution is 5.54. The van der Waals surface area contributed by atoms with Gasteiger partial charge >= 0.3 is 6.18 Å². The SMILES string of the molecule is CCN(CC(F)(F)F)c1ccc(F)cc1CC(C)N. The van der Waals surface area contributed by atoms with E-state index in [2.05, 4.69) is 0 Å². The Bertz CT molecular complexity index is 416. The van der Waals surface area contributed by atoms with Gasteiger partial charge in [-0.1, -0.05) is 0 Å². The summed E-state index contributed by atoms with van der Waals surface area (Å²) in [5.74, 6) is -0.470. The van der Waals surface area contributed by atoms with Crippen LogP contribution in [0.25, 0.3) is 0 Å². The van der Waals surface area contributed by atoms with Gasteiger partial charge in [0.2, 0.25) is 0 Å². The van der Waals surface area contributed by atoms with Gasteiger partial charge in [-0.25, -0.2) is 4.39 Å². The molecule has 0 fully saturated rings. The van der Waals surface area contributed by atoms with Crippen LogP contribution in [0, 0.1) is 5.82 Å². The van der Waals surface area contributed by atoms with E-state index in [0.29, 0.717) is 17.7 Å². The highest BCUT2D eigenvalue weighted by atomic mass is 19.4. The van der Waals surface area contributed by atoms with Crippen molar-refractivity contribution in [2.24, 2.45) is 5.73 Å². The summed E-state index contributed by atoms with van der Waals surface area (Å²) in [5.41, 5.74) is 6.54. The Morgan fingerprint density at radius 1 is 1.32 bits per heavy atom.